The van der Waals surface area contributed by atoms with Gasteiger partial charge < -0.3 is 9.64 Å². The topological polar surface area (TPSA) is 73.6 Å². The van der Waals surface area contributed by atoms with Crippen LogP contribution in [0.3, 0.4) is 0 Å². The molecular weight excluding hydrogens is 421 g/mol. The zero-order valence-electron chi connectivity index (χ0n) is 15.2. The molecule has 1 aliphatic rings. The van der Waals surface area contributed by atoms with E-state index in [-0.39, 0.29) is 22.0 Å². The van der Waals surface area contributed by atoms with Crippen molar-refractivity contribution in [1.29, 1.82) is 5.26 Å². The minimum absolute atomic E-state index is 0.0628. The highest BCUT2D eigenvalue weighted by molar-refractivity contribution is 7.89. The molecule has 0 aromatic heterocycles. The molecule has 1 saturated heterocycles. The maximum atomic E-state index is 13.3. The van der Waals surface area contributed by atoms with Crippen LogP contribution in [0.5, 0.6) is 11.5 Å². The quantitative estimate of drug-likeness (QED) is 0.719. The molecule has 1 heterocycles. The van der Waals surface area contributed by atoms with Crippen molar-refractivity contribution in [3.63, 3.8) is 0 Å². The molecule has 6 nitrogen and oxygen atoms in total. The fourth-order valence-corrected chi connectivity index (χ4v) is 4.87. The third kappa shape index (κ3) is 4.59. The summed E-state index contributed by atoms with van der Waals surface area (Å²) in [4.78, 5) is 2.02. The fraction of sp³-hybridized carbons (Fsp3) is 0.316. The minimum Gasteiger partial charge on any atom is -0.454 e. The van der Waals surface area contributed by atoms with E-state index in [2.05, 4.69) is 4.90 Å². The van der Waals surface area contributed by atoms with Gasteiger partial charge in [0.15, 0.2) is 0 Å². The van der Waals surface area contributed by atoms with Crippen LogP contribution in [0.2, 0.25) is 10.0 Å². The Morgan fingerprint density at radius 3 is 2.57 bits per heavy atom. The van der Waals surface area contributed by atoms with Crippen molar-refractivity contribution in [1.82, 2.24) is 9.21 Å². The number of hydrogen-bond acceptors (Lipinski definition) is 5. The second-order valence-electron chi connectivity index (χ2n) is 6.51. The number of nitriles is 1. The van der Waals surface area contributed by atoms with Crippen LogP contribution in [0.4, 0.5) is 0 Å². The number of ether oxygens (including phenoxy) is 1. The van der Waals surface area contributed by atoms with E-state index in [0.717, 1.165) is 13.0 Å². The second-order valence-corrected chi connectivity index (χ2v) is 9.26. The normalized spacial score (nSPS) is 16.4. The summed E-state index contributed by atoms with van der Waals surface area (Å²) >= 11 is 12.2. The Bertz CT molecular complexity index is 1020. The first-order valence-corrected chi connectivity index (χ1v) is 10.9. The molecule has 28 heavy (non-hydrogen) atoms. The van der Waals surface area contributed by atoms with Crippen LogP contribution in [-0.2, 0) is 10.0 Å². The summed E-state index contributed by atoms with van der Waals surface area (Å²) in [6, 6.07) is 11.0. The molecule has 9 heteroatoms. The highest BCUT2D eigenvalue weighted by atomic mass is 35.5. The molecule has 0 saturated carbocycles. The smallest absolute Gasteiger partial charge is 0.246 e. The Morgan fingerprint density at radius 1 is 1.04 bits per heavy atom. The lowest BCUT2D eigenvalue weighted by molar-refractivity contribution is 0.347. The lowest BCUT2D eigenvalue weighted by Crippen LogP contribution is -2.34. The predicted octanol–water partition coefficient (Wildman–Crippen LogP) is 3.98. The van der Waals surface area contributed by atoms with Crippen LogP contribution in [0, 0.1) is 11.3 Å². The van der Waals surface area contributed by atoms with Crippen LogP contribution < -0.4 is 4.74 Å². The van der Waals surface area contributed by atoms with E-state index in [4.69, 9.17) is 27.9 Å². The Labute approximate surface area is 174 Å². The highest BCUT2D eigenvalue weighted by Crippen LogP contribution is 2.36. The monoisotopic (exact) mass is 439 g/mol. The molecule has 148 valence electrons. The van der Waals surface area contributed by atoms with Crippen molar-refractivity contribution in [2.75, 3.05) is 33.2 Å². The third-order valence-electron chi connectivity index (χ3n) is 4.48. The summed E-state index contributed by atoms with van der Waals surface area (Å²) in [5.41, 5.74) is 0.232. The number of nitrogens with zero attached hydrogens (tertiary/aromatic N) is 3. The van der Waals surface area contributed by atoms with E-state index >= 15 is 0 Å². The van der Waals surface area contributed by atoms with E-state index in [1.165, 1.54) is 28.6 Å². The van der Waals surface area contributed by atoms with Crippen molar-refractivity contribution in [3.8, 4) is 17.6 Å². The van der Waals surface area contributed by atoms with Crippen LogP contribution >= 0.6 is 23.2 Å². The van der Waals surface area contributed by atoms with Gasteiger partial charge in [0.1, 0.15) is 16.4 Å². The Balaban J connectivity index is 2.03. The number of benzene rings is 2. The van der Waals surface area contributed by atoms with Crippen LogP contribution in [0.25, 0.3) is 0 Å². The van der Waals surface area contributed by atoms with Gasteiger partial charge in [0.05, 0.1) is 16.7 Å². The summed E-state index contributed by atoms with van der Waals surface area (Å²) in [5.74, 6) is 0.340. The van der Waals surface area contributed by atoms with Gasteiger partial charge in [-0.25, -0.2) is 8.42 Å². The molecule has 0 N–H and O–H groups in total. The van der Waals surface area contributed by atoms with Crippen LogP contribution in [0.15, 0.2) is 41.3 Å². The third-order valence-corrected chi connectivity index (χ3v) is 6.95. The van der Waals surface area contributed by atoms with Gasteiger partial charge >= 0.3 is 0 Å². The molecule has 0 amide bonds. The SMILES string of the molecule is CN1CCCN(S(=O)(=O)c2cc(C#N)ccc2Oc2cc(Cl)ccc2Cl)CC1. The molecule has 0 unspecified atom stereocenters. The molecule has 2 aromatic carbocycles. The van der Waals surface area contributed by atoms with E-state index in [1.54, 1.807) is 12.1 Å². The van der Waals surface area contributed by atoms with Gasteiger partial charge in [0.25, 0.3) is 0 Å². The molecule has 0 aliphatic carbocycles. The van der Waals surface area contributed by atoms with Crippen molar-refractivity contribution in [2.45, 2.75) is 11.3 Å². The van der Waals surface area contributed by atoms with Gasteiger partial charge in [0.2, 0.25) is 10.0 Å². The van der Waals surface area contributed by atoms with Crippen molar-refractivity contribution in [3.05, 3.63) is 52.0 Å². The number of halogens is 2. The van der Waals surface area contributed by atoms with E-state index in [9.17, 15) is 13.7 Å². The Morgan fingerprint density at radius 2 is 1.82 bits per heavy atom. The van der Waals surface area contributed by atoms with Crippen molar-refractivity contribution >= 4 is 33.2 Å². The zero-order chi connectivity index (χ0) is 20.3. The van der Waals surface area contributed by atoms with Crippen LogP contribution in [0.1, 0.15) is 12.0 Å². The zero-order valence-corrected chi connectivity index (χ0v) is 17.6. The average molecular weight is 440 g/mol. The molecule has 2 aromatic rings. The van der Waals surface area contributed by atoms with E-state index in [1.807, 2.05) is 13.1 Å². The lowest BCUT2D eigenvalue weighted by atomic mass is 10.2. The molecular formula is C19H19Cl2N3O3S. The summed E-state index contributed by atoms with van der Waals surface area (Å²) in [5, 5.41) is 9.94. The number of likely N-dealkylation sites (N-methyl/N-ethyl adjacent to an activating group) is 1. The lowest BCUT2D eigenvalue weighted by Gasteiger charge is -2.22. The first-order valence-electron chi connectivity index (χ1n) is 8.67. The molecule has 0 atom stereocenters. The highest BCUT2D eigenvalue weighted by Gasteiger charge is 2.30. The summed E-state index contributed by atoms with van der Waals surface area (Å²) in [6.45, 7) is 2.23. The Kier molecular flexibility index (Phi) is 6.48. The first-order chi connectivity index (χ1) is 13.3. The average Bonchev–Trinajstić information content (AvgIpc) is 2.90. The number of sulfonamides is 1. The van der Waals surface area contributed by atoms with Gasteiger partial charge in [-0.1, -0.05) is 23.2 Å². The fourth-order valence-electron chi connectivity index (χ4n) is 2.94. The maximum Gasteiger partial charge on any atom is 0.246 e. The second kappa shape index (κ2) is 8.68. The first kappa shape index (κ1) is 20.9. The van der Waals surface area contributed by atoms with Gasteiger partial charge in [0, 0.05) is 30.7 Å². The summed E-state index contributed by atoms with van der Waals surface area (Å²) in [6.07, 6.45) is 0.726. The van der Waals surface area contributed by atoms with E-state index < -0.39 is 10.0 Å². The number of hydrogen-bond donors (Lipinski definition) is 0. The van der Waals surface area contributed by atoms with Crippen molar-refractivity contribution < 1.29 is 13.2 Å². The van der Waals surface area contributed by atoms with Gasteiger partial charge in [-0.05, 0) is 50.3 Å². The minimum atomic E-state index is -3.86. The summed E-state index contributed by atoms with van der Waals surface area (Å²) in [7, 11) is -1.90. The molecule has 1 aliphatic heterocycles. The maximum absolute atomic E-state index is 13.3. The van der Waals surface area contributed by atoms with Gasteiger partial charge in [-0.2, -0.15) is 9.57 Å². The molecule has 0 bridgehead atoms. The molecule has 1 fully saturated rings. The van der Waals surface area contributed by atoms with Crippen molar-refractivity contribution in [2.24, 2.45) is 0 Å². The number of rotatable bonds is 4. The van der Waals surface area contributed by atoms with E-state index in [0.29, 0.717) is 29.7 Å². The molecule has 0 radical (unpaired) electrons. The molecule has 3 rings (SSSR count). The molecule has 0 spiro atoms. The van der Waals surface area contributed by atoms with Gasteiger partial charge in [-0.3, -0.25) is 0 Å². The Hall–Kier alpha value is -1.82. The largest absolute Gasteiger partial charge is 0.454 e. The predicted molar refractivity (Wildman–Crippen MR) is 109 cm³/mol. The van der Waals surface area contributed by atoms with Gasteiger partial charge in [-0.15, -0.1) is 0 Å². The summed E-state index contributed by atoms with van der Waals surface area (Å²) < 4.78 is 33.9. The van der Waals surface area contributed by atoms with Crippen LogP contribution in [-0.4, -0.2) is 50.8 Å². The standard InChI is InChI=1S/C19H19Cl2N3O3S/c1-23-7-2-8-24(10-9-23)28(25,26)19-11-14(13-22)3-6-17(19)27-18-12-15(20)4-5-16(18)21/h3-6,11-12H,2,7-10H2,1H3.